The smallest absolute Gasteiger partial charge is 0.410 e. The van der Waals surface area contributed by atoms with E-state index < -0.39 is 92.1 Å². The molecular formula is C36H47F2N5O9S. The van der Waals surface area contributed by atoms with Gasteiger partial charge < -0.3 is 29.9 Å². The zero-order chi connectivity index (χ0) is 38.3. The monoisotopic (exact) mass is 763 g/mol. The molecule has 5 amide bonds. The van der Waals surface area contributed by atoms with E-state index in [0.29, 0.717) is 32.1 Å². The first-order valence-electron chi connectivity index (χ1n) is 18.2. The number of carbonyl (C=O) groups is 5. The van der Waals surface area contributed by atoms with E-state index in [0.717, 1.165) is 18.6 Å². The van der Waals surface area contributed by atoms with Crippen LogP contribution in [0, 0.1) is 17.6 Å². The lowest BCUT2D eigenvalue weighted by Gasteiger charge is -2.30. The molecule has 3 N–H and O–H groups in total. The molecule has 5 atom stereocenters. The van der Waals surface area contributed by atoms with Crippen LogP contribution in [0.4, 0.5) is 18.4 Å². The zero-order valence-corrected chi connectivity index (χ0v) is 30.9. The van der Waals surface area contributed by atoms with Crippen molar-refractivity contribution >= 4 is 39.9 Å². The molecule has 0 spiro atoms. The average molecular weight is 764 g/mol. The Kier molecular flexibility index (Phi) is 10.8. The van der Waals surface area contributed by atoms with Gasteiger partial charge in [-0.15, -0.1) is 0 Å². The summed E-state index contributed by atoms with van der Waals surface area (Å²) in [5, 5.41) is 4.73. The molecule has 2 saturated carbocycles. The van der Waals surface area contributed by atoms with Crippen LogP contribution in [0.25, 0.3) is 0 Å². The number of nitrogens with one attached hydrogen (secondary N) is 3. The van der Waals surface area contributed by atoms with Crippen molar-refractivity contribution in [2.45, 2.75) is 126 Å². The Hall–Kier alpha value is -4.28. The van der Waals surface area contributed by atoms with Crippen LogP contribution in [0.3, 0.4) is 0 Å². The number of amides is 5. The number of benzene rings is 1. The van der Waals surface area contributed by atoms with Crippen LogP contribution in [-0.4, -0.2) is 95.8 Å². The van der Waals surface area contributed by atoms with Crippen molar-refractivity contribution in [3.8, 4) is 0 Å². The lowest BCUT2D eigenvalue weighted by Crippen LogP contribution is -2.58. The highest BCUT2D eigenvalue weighted by Gasteiger charge is 2.62. The van der Waals surface area contributed by atoms with Crippen molar-refractivity contribution in [1.29, 1.82) is 0 Å². The third-order valence-corrected chi connectivity index (χ3v) is 12.2. The summed E-state index contributed by atoms with van der Waals surface area (Å²) in [7, 11) is -3.94. The van der Waals surface area contributed by atoms with Crippen LogP contribution in [-0.2, 0) is 46.8 Å². The van der Waals surface area contributed by atoms with Gasteiger partial charge in [-0.2, -0.15) is 0 Å². The Balaban J connectivity index is 1.25. The molecule has 14 nitrogen and oxygen atoms in total. The number of allylic oxidation sites excluding steroid dienone is 1. The number of halogens is 2. The van der Waals surface area contributed by atoms with Gasteiger partial charge in [0.1, 0.15) is 41.0 Å². The van der Waals surface area contributed by atoms with Crippen LogP contribution >= 0.6 is 0 Å². The van der Waals surface area contributed by atoms with Gasteiger partial charge in [0.2, 0.25) is 21.8 Å². The number of sulfonamides is 1. The summed E-state index contributed by atoms with van der Waals surface area (Å²) in [4.78, 5) is 70.8. The molecule has 3 heterocycles. The molecule has 1 saturated heterocycles. The number of hydrogen-bond acceptors (Lipinski definition) is 9. The fourth-order valence-corrected chi connectivity index (χ4v) is 8.63. The number of hydrogen-bond donors (Lipinski definition) is 3. The Morgan fingerprint density at radius 3 is 2.43 bits per heavy atom. The topological polar surface area (TPSA) is 181 Å². The van der Waals surface area contributed by atoms with Crippen molar-refractivity contribution in [1.82, 2.24) is 25.2 Å². The van der Waals surface area contributed by atoms with Crippen LogP contribution in [0.1, 0.15) is 89.7 Å². The Morgan fingerprint density at radius 2 is 1.74 bits per heavy atom. The molecule has 3 fully saturated rings. The summed E-state index contributed by atoms with van der Waals surface area (Å²) in [6, 6.07) is -0.363. The standard InChI is InChI=1S/C36H47F2N5O9S/c1-35(2,3)52-33(47)39-28-10-8-6-4-5-7-9-21-18-36(21,32(46)41-53(49,50)23-11-12-23)40-30(44)29-17-22(19-43(29)31(28)45)51-34(48)42-16-15-24-25(20-42)27(38)14-13-26(24)37/h7,9,13-14,21-23,28-29H,4-6,8,10-12,15-20H2,1-3H3,(H,39,47)(H,40,44)(H,41,46)/t21-,22-,28+,29+,36-/m1/s1. The minimum atomic E-state index is -3.94. The second-order valence-electron chi connectivity index (χ2n) is 15.6. The fourth-order valence-electron chi connectivity index (χ4n) is 7.26. The minimum Gasteiger partial charge on any atom is -0.444 e. The van der Waals surface area contributed by atoms with Gasteiger partial charge in [0.25, 0.3) is 5.91 Å². The van der Waals surface area contributed by atoms with Crippen LogP contribution in [0.15, 0.2) is 24.3 Å². The second kappa shape index (κ2) is 14.9. The van der Waals surface area contributed by atoms with Gasteiger partial charge in [0.15, 0.2) is 0 Å². The van der Waals surface area contributed by atoms with Gasteiger partial charge in [0, 0.05) is 24.4 Å². The summed E-state index contributed by atoms with van der Waals surface area (Å²) in [6.45, 7) is 4.59. The molecule has 0 radical (unpaired) electrons. The minimum absolute atomic E-state index is 0.0400. The van der Waals surface area contributed by atoms with Gasteiger partial charge >= 0.3 is 12.2 Å². The van der Waals surface area contributed by atoms with E-state index in [9.17, 15) is 41.2 Å². The summed E-state index contributed by atoms with van der Waals surface area (Å²) in [6.07, 6.45) is 4.69. The normalized spacial score (nSPS) is 27.9. The molecule has 1 aromatic rings. The van der Waals surface area contributed by atoms with E-state index in [1.807, 2.05) is 6.08 Å². The molecule has 5 aliphatic rings. The van der Waals surface area contributed by atoms with E-state index in [2.05, 4.69) is 15.4 Å². The molecule has 17 heteroatoms. The number of rotatable bonds is 5. The Labute approximate surface area is 307 Å². The van der Waals surface area contributed by atoms with Crippen molar-refractivity contribution in [2.75, 3.05) is 13.1 Å². The fraction of sp³-hybridized carbons (Fsp3) is 0.639. The number of carbonyl (C=O) groups excluding carboxylic acids is 5. The average Bonchev–Trinajstić information content (AvgIpc) is 4.01. The summed E-state index contributed by atoms with van der Waals surface area (Å²) >= 11 is 0. The number of ether oxygens (including phenoxy) is 2. The molecule has 3 aliphatic heterocycles. The van der Waals surface area contributed by atoms with Crippen molar-refractivity contribution in [2.24, 2.45) is 5.92 Å². The first-order chi connectivity index (χ1) is 25.0. The lowest BCUT2D eigenvalue weighted by molar-refractivity contribution is -0.141. The van der Waals surface area contributed by atoms with Gasteiger partial charge in [-0.25, -0.2) is 26.8 Å². The SMILES string of the molecule is CC(C)(C)OC(=O)N[C@H]1CCCCCC=C[C@@H]2C[C@@]2(C(=O)NS(=O)(=O)C2CC2)NC(=O)[C@@H]2C[C@@H](OC(=O)N3CCc4c(F)ccc(F)c4C3)CN2C1=O. The third-order valence-electron chi connectivity index (χ3n) is 10.4. The zero-order valence-electron chi connectivity index (χ0n) is 30.1. The van der Waals surface area contributed by atoms with E-state index >= 15 is 0 Å². The molecule has 1 aromatic carbocycles. The summed E-state index contributed by atoms with van der Waals surface area (Å²) in [5.74, 6) is -3.99. The van der Waals surface area contributed by atoms with E-state index in [1.165, 1.54) is 9.80 Å². The quantitative estimate of drug-likeness (QED) is 0.380. The molecule has 6 rings (SSSR count). The maximum atomic E-state index is 14.6. The number of fused-ring (bicyclic) bond motifs is 3. The van der Waals surface area contributed by atoms with Gasteiger partial charge in [-0.3, -0.25) is 19.1 Å². The summed E-state index contributed by atoms with van der Waals surface area (Å²) in [5.41, 5.74) is -2.23. The predicted molar refractivity (Wildman–Crippen MR) is 185 cm³/mol. The Morgan fingerprint density at radius 1 is 1.02 bits per heavy atom. The van der Waals surface area contributed by atoms with Crippen LogP contribution < -0.4 is 15.4 Å². The Bertz CT molecular complexity index is 1800. The maximum Gasteiger partial charge on any atom is 0.410 e. The second-order valence-corrected chi connectivity index (χ2v) is 17.6. The van der Waals surface area contributed by atoms with Crippen LogP contribution in [0.2, 0.25) is 0 Å². The first-order valence-corrected chi connectivity index (χ1v) is 19.8. The van der Waals surface area contributed by atoms with Crippen LogP contribution in [0.5, 0.6) is 0 Å². The van der Waals surface area contributed by atoms with Crippen molar-refractivity contribution in [3.63, 3.8) is 0 Å². The molecule has 0 bridgehead atoms. The van der Waals surface area contributed by atoms with Gasteiger partial charge in [0.05, 0.1) is 18.3 Å². The maximum absolute atomic E-state index is 14.6. The lowest BCUT2D eigenvalue weighted by atomic mass is 9.99. The number of nitrogens with zero attached hydrogens (tertiary/aromatic N) is 2. The molecule has 0 aromatic heterocycles. The molecular weight excluding hydrogens is 716 g/mol. The first kappa shape index (κ1) is 38.4. The molecule has 53 heavy (non-hydrogen) atoms. The highest BCUT2D eigenvalue weighted by atomic mass is 32.2. The van der Waals surface area contributed by atoms with E-state index in [4.69, 9.17) is 9.47 Å². The highest BCUT2D eigenvalue weighted by molar-refractivity contribution is 7.91. The largest absolute Gasteiger partial charge is 0.444 e. The highest BCUT2D eigenvalue weighted by Crippen LogP contribution is 2.46. The number of alkyl carbamates (subject to hydrolysis) is 1. The van der Waals surface area contributed by atoms with Gasteiger partial charge in [-0.1, -0.05) is 25.0 Å². The van der Waals surface area contributed by atoms with Gasteiger partial charge in [-0.05, 0) is 83.4 Å². The molecule has 0 unspecified atom stereocenters. The van der Waals surface area contributed by atoms with E-state index in [-0.39, 0.29) is 56.4 Å². The molecule has 290 valence electrons. The predicted octanol–water partition coefficient (Wildman–Crippen LogP) is 3.33. The van der Waals surface area contributed by atoms with Crippen molar-refractivity contribution < 1.29 is 50.6 Å². The van der Waals surface area contributed by atoms with Crippen molar-refractivity contribution in [3.05, 3.63) is 47.0 Å². The summed E-state index contributed by atoms with van der Waals surface area (Å²) < 4.78 is 67.8. The third kappa shape index (κ3) is 8.76. The molecule has 2 aliphatic carbocycles. The van der Waals surface area contributed by atoms with E-state index in [1.54, 1.807) is 26.8 Å².